The number of nitrogens with zero attached hydrogens (tertiary/aromatic N) is 1. The molecule has 2 aliphatic heterocycles. The third-order valence-corrected chi connectivity index (χ3v) is 3.92. The van der Waals surface area contributed by atoms with Gasteiger partial charge >= 0.3 is 0 Å². The van der Waals surface area contributed by atoms with Crippen LogP contribution in [0, 0.1) is 0 Å². The van der Waals surface area contributed by atoms with Crippen molar-refractivity contribution in [3.05, 3.63) is 47.1 Å². The van der Waals surface area contributed by atoms with Gasteiger partial charge in [0, 0.05) is 29.4 Å². The first kappa shape index (κ1) is 13.0. The first-order chi connectivity index (χ1) is 9.90. The van der Waals surface area contributed by atoms with E-state index in [4.69, 9.17) is 0 Å². The Morgan fingerprint density at radius 3 is 2.75 bits per heavy atom. The molecule has 1 aromatic rings. The summed E-state index contributed by atoms with van der Waals surface area (Å²) in [5.41, 5.74) is 2.56. The highest BCUT2D eigenvalue weighted by Crippen LogP contribution is 2.22. The molecule has 2 aliphatic rings. The van der Waals surface area contributed by atoms with E-state index in [-0.39, 0.29) is 0 Å². The molecule has 3 rings (SSSR count). The lowest BCUT2D eigenvalue weighted by Gasteiger charge is -2.27. The maximum atomic E-state index is 3.41. The summed E-state index contributed by atoms with van der Waals surface area (Å²) in [6.45, 7) is 3.35. The molecule has 2 heterocycles. The Labute approximate surface area is 120 Å². The van der Waals surface area contributed by atoms with Crippen molar-refractivity contribution in [1.82, 2.24) is 0 Å². The van der Waals surface area contributed by atoms with E-state index in [1.54, 1.807) is 0 Å². The van der Waals surface area contributed by atoms with Gasteiger partial charge in [0.1, 0.15) is 0 Å². The molecule has 0 bridgehead atoms. The number of hydrogen-bond acceptors (Lipinski definition) is 2. The quantitative estimate of drug-likeness (QED) is 0.824. The number of hydrogen-bond donors (Lipinski definition) is 1. The molecule has 0 aromatic heterocycles. The Morgan fingerprint density at radius 1 is 1.00 bits per heavy atom. The van der Waals surface area contributed by atoms with Gasteiger partial charge in [-0.2, -0.15) is 0 Å². The Hall–Kier alpha value is -1.96. The van der Waals surface area contributed by atoms with Gasteiger partial charge in [-0.3, -0.25) is 0 Å². The zero-order chi connectivity index (χ0) is 13.8. The molecule has 0 spiro atoms. The summed E-state index contributed by atoms with van der Waals surface area (Å²) in [5.74, 6) is 0. The molecule has 2 nitrogen and oxygen atoms in total. The summed E-state index contributed by atoms with van der Waals surface area (Å²) in [6, 6.07) is 4.41. The molecular weight excluding hydrogens is 244 g/mol. The van der Waals surface area contributed by atoms with Crippen molar-refractivity contribution in [2.75, 3.05) is 16.8 Å². The minimum absolute atomic E-state index is 1.10. The highest BCUT2D eigenvalue weighted by molar-refractivity contribution is 5.79. The summed E-state index contributed by atoms with van der Waals surface area (Å²) in [5, 5.41) is 5.99. The second-order valence-corrected chi connectivity index (χ2v) is 5.40. The third kappa shape index (κ3) is 2.51. The average Bonchev–Trinajstić information content (AvgIpc) is 2.51. The van der Waals surface area contributed by atoms with Crippen LogP contribution in [0.5, 0.6) is 0 Å². The van der Waals surface area contributed by atoms with Gasteiger partial charge in [-0.15, -0.1) is 0 Å². The van der Waals surface area contributed by atoms with Crippen LogP contribution in [0.2, 0.25) is 0 Å². The second kappa shape index (κ2) is 6.00. The average molecular weight is 266 g/mol. The van der Waals surface area contributed by atoms with E-state index in [2.05, 4.69) is 59.8 Å². The molecule has 0 atom stereocenters. The third-order valence-electron chi connectivity index (χ3n) is 3.92. The van der Waals surface area contributed by atoms with Gasteiger partial charge in [0.15, 0.2) is 0 Å². The molecular formula is C18H22N2. The zero-order valence-electron chi connectivity index (χ0n) is 12.1. The van der Waals surface area contributed by atoms with E-state index >= 15 is 0 Å². The smallest absolute Gasteiger partial charge is 0.0724 e. The first-order valence-electron chi connectivity index (χ1n) is 7.62. The molecule has 0 fully saturated rings. The van der Waals surface area contributed by atoms with E-state index in [0.717, 1.165) is 6.54 Å². The van der Waals surface area contributed by atoms with E-state index in [1.807, 2.05) is 6.20 Å². The SMILES string of the molecule is CCCCCCN1C=CC=c2ccc3c(c21)NC=CC=3. The lowest BCUT2D eigenvalue weighted by atomic mass is 10.1. The van der Waals surface area contributed by atoms with E-state index in [0.29, 0.717) is 0 Å². The molecule has 0 unspecified atom stereocenters. The van der Waals surface area contributed by atoms with Crippen molar-refractivity contribution in [2.45, 2.75) is 32.6 Å². The molecule has 1 N–H and O–H groups in total. The van der Waals surface area contributed by atoms with Gasteiger partial charge < -0.3 is 10.2 Å². The minimum Gasteiger partial charge on any atom is -0.359 e. The fraction of sp³-hybridized carbons (Fsp3) is 0.333. The van der Waals surface area contributed by atoms with Gasteiger partial charge in [-0.25, -0.2) is 0 Å². The molecule has 1 aromatic carbocycles. The van der Waals surface area contributed by atoms with Crippen LogP contribution < -0.4 is 20.7 Å². The van der Waals surface area contributed by atoms with Crippen LogP contribution in [0.3, 0.4) is 0 Å². The summed E-state index contributed by atoms with van der Waals surface area (Å²) in [7, 11) is 0. The minimum atomic E-state index is 1.10. The van der Waals surface area contributed by atoms with Crippen molar-refractivity contribution in [1.29, 1.82) is 0 Å². The highest BCUT2D eigenvalue weighted by atomic mass is 15.1. The normalized spacial score (nSPS) is 14.9. The van der Waals surface area contributed by atoms with Crippen molar-refractivity contribution >= 4 is 23.5 Å². The van der Waals surface area contributed by atoms with Gasteiger partial charge in [-0.05, 0) is 18.6 Å². The van der Waals surface area contributed by atoms with Crippen LogP contribution in [0.1, 0.15) is 32.6 Å². The van der Waals surface area contributed by atoms with E-state index in [1.165, 1.54) is 47.5 Å². The number of benzene rings is 1. The largest absolute Gasteiger partial charge is 0.359 e. The number of nitrogens with one attached hydrogen (secondary N) is 1. The zero-order valence-corrected chi connectivity index (χ0v) is 12.1. The number of allylic oxidation sites excluding steroid dienone is 2. The molecule has 0 radical (unpaired) electrons. The van der Waals surface area contributed by atoms with E-state index in [9.17, 15) is 0 Å². The van der Waals surface area contributed by atoms with Crippen LogP contribution in [0.15, 0.2) is 36.7 Å². The predicted octanol–water partition coefficient (Wildman–Crippen LogP) is 3.10. The van der Waals surface area contributed by atoms with Crippen LogP contribution in [0.25, 0.3) is 12.2 Å². The van der Waals surface area contributed by atoms with Gasteiger partial charge in [0.25, 0.3) is 0 Å². The van der Waals surface area contributed by atoms with Gasteiger partial charge in [-0.1, -0.05) is 50.5 Å². The summed E-state index contributed by atoms with van der Waals surface area (Å²) in [4.78, 5) is 2.39. The van der Waals surface area contributed by atoms with Crippen LogP contribution in [-0.2, 0) is 0 Å². The summed E-state index contributed by atoms with van der Waals surface area (Å²) in [6.07, 6.45) is 18.0. The number of rotatable bonds is 5. The predicted molar refractivity (Wildman–Crippen MR) is 88.0 cm³/mol. The summed E-state index contributed by atoms with van der Waals surface area (Å²) >= 11 is 0. The molecule has 20 heavy (non-hydrogen) atoms. The second-order valence-electron chi connectivity index (χ2n) is 5.40. The summed E-state index contributed by atoms with van der Waals surface area (Å²) < 4.78 is 0. The van der Waals surface area contributed by atoms with E-state index < -0.39 is 0 Å². The first-order valence-corrected chi connectivity index (χ1v) is 7.62. The molecule has 2 heteroatoms. The van der Waals surface area contributed by atoms with Crippen molar-refractivity contribution < 1.29 is 0 Å². The fourth-order valence-electron chi connectivity index (χ4n) is 2.86. The monoisotopic (exact) mass is 266 g/mol. The van der Waals surface area contributed by atoms with Gasteiger partial charge in [0.2, 0.25) is 0 Å². The Kier molecular flexibility index (Phi) is 3.91. The van der Waals surface area contributed by atoms with Crippen molar-refractivity contribution in [2.24, 2.45) is 0 Å². The van der Waals surface area contributed by atoms with Crippen LogP contribution in [0.4, 0.5) is 11.4 Å². The Balaban J connectivity index is 1.89. The van der Waals surface area contributed by atoms with Crippen LogP contribution in [-0.4, -0.2) is 6.54 Å². The highest BCUT2D eigenvalue weighted by Gasteiger charge is 2.14. The van der Waals surface area contributed by atoms with Gasteiger partial charge in [0.05, 0.1) is 11.4 Å². The maximum Gasteiger partial charge on any atom is 0.0724 e. The van der Waals surface area contributed by atoms with Crippen molar-refractivity contribution in [3.63, 3.8) is 0 Å². The molecule has 0 aliphatic carbocycles. The fourth-order valence-corrected chi connectivity index (χ4v) is 2.86. The topological polar surface area (TPSA) is 15.3 Å². The lowest BCUT2D eigenvalue weighted by Crippen LogP contribution is -2.30. The molecule has 104 valence electrons. The molecule has 0 saturated carbocycles. The van der Waals surface area contributed by atoms with Crippen molar-refractivity contribution in [3.8, 4) is 0 Å². The Morgan fingerprint density at radius 2 is 1.85 bits per heavy atom. The number of fused-ring (bicyclic) bond motifs is 3. The molecule has 0 saturated heterocycles. The number of anilines is 2. The standard InChI is InChI=1S/C18H22N2/c1-2-3-4-5-13-20-14-7-9-16-11-10-15-8-6-12-19-17(15)18(16)20/h6-12,14,19H,2-5,13H2,1H3. The number of unbranched alkanes of at least 4 members (excludes halogenated alkanes) is 3. The van der Waals surface area contributed by atoms with Crippen LogP contribution >= 0.6 is 0 Å². The Bertz CT molecular complexity index is 653. The molecule has 0 amide bonds. The lowest BCUT2D eigenvalue weighted by molar-refractivity contribution is 0.666. The maximum absolute atomic E-state index is 3.41.